The summed E-state index contributed by atoms with van der Waals surface area (Å²) in [5, 5.41) is 21.8. The van der Waals surface area contributed by atoms with Crippen LogP contribution in [0.15, 0.2) is 24.3 Å². The van der Waals surface area contributed by atoms with Gasteiger partial charge in [0.2, 0.25) is 0 Å². The molecule has 20 heavy (non-hydrogen) atoms. The van der Waals surface area contributed by atoms with E-state index < -0.39 is 6.10 Å². The molecule has 0 aromatic heterocycles. The second kappa shape index (κ2) is 9.58. The van der Waals surface area contributed by atoms with Gasteiger partial charge in [0.05, 0.1) is 7.11 Å². The summed E-state index contributed by atoms with van der Waals surface area (Å²) in [6, 6.07) is 7.35. The second-order valence-corrected chi connectivity index (χ2v) is 4.89. The average molecular weight is 283 g/mol. The highest BCUT2D eigenvalue weighted by atomic mass is 16.5. The van der Waals surface area contributed by atoms with E-state index in [4.69, 9.17) is 14.6 Å². The van der Waals surface area contributed by atoms with Gasteiger partial charge in [0, 0.05) is 13.2 Å². The van der Waals surface area contributed by atoms with Crippen molar-refractivity contribution in [3.63, 3.8) is 0 Å². The number of benzene rings is 1. The third-order valence-corrected chi connectivity index (χ3v) is 2.99. The van der Waals surface area contributed by atoms with E-state index in [-0.39, 0.29) is 13.2 Å². The lowest BCUT2D eigenvalue weighted by atomic mass is 10.1. The van der Waals surface area contributed by atoms with Gasteiger partial charge in [-0.1, -0.05) is 19.1 Å². The van der Waals surface area contributed by atoms with Crippen LogP contribution in [0.3, 0.4) is 0 Å². The summed E-state index contributed by atoms with van der Waals surface area (Å²) in [6.45, 7) is 3.70. The van der Waals surface area contributed by atoms with Crippen molar-refractivity contribution in [3.05, 3.63) is 24.3 Å². The molecular weight excluding hydrogens is 258 g/mol. The van der Waals surface area contributed by atoms with Gasteiger partial charge >= 0.3 is 0 Å². The van der Waals surface area contributed by atoms with Crippen molar-refractivity contribution in [1.82, 2.24) is 5.32 Å². The zero-order valence-electron chi connectivity index (χ0n) is 12.2. The lowest BCUT2D eigenvalue weighted by Gasteiger charge is -2.16. The molecule has 0 heterocycles. The van der Waals surface area contributed by atoms with Crippen molar-refractivity contribution in [2.45, 2.75) is 19.4 Å². The molecule has 5 nitrogen and oxygen atoms in total. The average Bonchev–Trinajstić information content (AvgIpc) is 2.45. The van der Waals surface area contributed by atoms with Gasteiger partial charge in [-0.3, -0.25) is 0 Å². The Morgan fingerprint density at radius 3 is 2.55 bits per heavy atom. The summed E-state index contributed by atoms with van der Waals surface area (Å²) in [5.41, 5.74) is 0. The van der Waals surface area contributed by atoms with Crippen LogP contribution in [-0.4, -0.2) is 49.7 Å². The van der Waals surface area contributed by atoms with E-state index in [0.29, 0.717) is 24.0 Å². The van der Waals surface area contributed by atoms with Gasteiger partial charge in [-0.2, -0.15) is 0 Å². The van der Waals surface area contributed by atoms with E-state index in [2.05, 4.69) is 12.2 Å². The number of hydrogen-bond donors (Lipinski definition) is 3. The fraction of sp³-hybridized carbons (Fsp3) is 0.600. The van der Waals surface area contributed by atoms with Crippen LogP contribution in [0.25, 0.3) is 0 Å². The van der Waals surface area contributed by atoms with E-state index in [1.807, 2.05) is 24.3 Å². The normalized spacial score (nSPS) is 13.8. The number of para-hydroxylation sites is 2. The summed E-state index contributed by atoms with van der Waals surface area (Å²) in [4.78, 5) is 0. The molecule has 0 aliphatic carbocycles. The summed E-state index contributed by atoms with van der Waals surface area (Å²) in [6.07, 6.45) is 0.183. The highest BCUT2D eigenvalue weighted by molar-refractivity contribution is 5.39. The van der Waals surface area contributed by atoms with Crippen LogP contribution in [0.1, 0.15) is 13.3 Å². The Kier molecular flexibility index (Phi) is 8.02. The van der Waals surface area contributed by atoms with Crippen LogP contribution in [-0.2, 0) is 0 Å². The molecule has 0 aliphatic rings. The first-order valence-corrected chi connectivity index (χ1v) is 6.92. The molecular formula is C15H25NO4. The van der Waals surface area contributed by atoms with Crippen LogP contribution in [0, 0.1) is 5.92 Å². The molecule has 0 saturated heterocycles. The maximum atomic E-state index is 9.84. The van der Waals surface area contributed by atoms with Gasteiger partial charge < -0.3 is 25.0 Å². The molecule has 1 rings (SSSR count). The number of ether oxygens (including phenoxy) is 2. The molecule has 0 spiro atoms. The number of rotatable bonds is 10. The number of hydrogen-bond acceptors (Lipinski definition) is 5. The van der Waals surface area contributed by atoms with Gasteiger partial charge in [-0.15, -0.1) is 0 Å². The van der Waals surface area contributed by atoms with Crippen molar-refractivity contribution < 1.29 is 19.7 Å². The largest absolute Gasteiger partial charge is 0.493 e. The van der Waals surface area contributed by atoms with E-state index in [9.17, 15) is 5.11 Å². The first kappa shape index (κ1) is 16.8. The molecule has 2 unspecified atom stereocenters. The first-order chi connectivity index (χ1) is 9.67. The van der Waals surface area contributed by atoms with E-state index >= 15 is 0 Å². The van der Waals surface area contributed by atoms with E-state index in [1.165, 1.54) is 0 Å². The van der Waals surface area contributed by atoms with Crippen molar-refractivity contribution in [2.24, 2.45) is 5.92 Å². The SMILES string of the molecule is COc1ccccc1OCC(O)CNCC(C)CCO. The third kappa shape index (κ3) is 6.23. The summed E-state index contributed by atoms with van der Waals surface area (Å²) in [7, 11) is 1.59. The predicted octanol–water partition coefficient (Wildman–Crippen LogP) is 1.04. The molecule has 114 valence electrons. The molecule has 0 aliphatic heterocycles. The number of methoxy groups -OCH3 is 1. The predicted molar refractivity (Wildman–Crippen MR) is 78.2 cm³/mol. The molecule has 0 fully saturated rings. The monoisotopic (exact) mass is 283 g/mol. The van der Waals surface area contributed by atoms with E-state index in [1.54, 1.807) is 7.11 Å². The minimum Gasteiger partial charge on any atom is -0.493 e. The van der Waals surface area contributed by atoms with Gasteiger partial charge in [0.25, 0.3) is 0 Å². The van der Waals surface area contributed by atoms with Gasteiger partial charge in [0.15, 0.2) is 11.5 Å². The molecule has 2 atom stereocenters. The fourth-order valence-corrected chi connectivity index (χ4v) is 1.80. The summed E-state index contributed by atoms with van der Waals surface area (Å²) in [5.74, 6) is 1.68. The second-order valence-electron chi connectivity index (χ2n) is 4.89. The molecule has 0 radical (unpaired) electrons. The third-order valence-electron chi connectivity index (χ3n) is 2.99. The Bertz CT molecular complexity index is 373. The van der Waals surface area contributed by atoms with Crippen LogP contribution in [0.4, 0.5) is 0 Å². The quantitative estimate of drug-likeness (QED) is 0.598. The Morgan fingerprint density at radius 2 is 1.90 bits per heavy atom. The Hall–Kier alpha value is -1.30. The standard InChI is InChI=1S/C15H25NO4/c1-12(7-8-17)9-16-10-13(18)11-20-15-6-4-3-5-14(15)19-2/h3-6,12-13,16-18H,7-11H2,1-2H3. The highest BCUT2D eigenvalue weighted by Gasteiger charge is 2.09. The Morgan fingerprint density at radius 1 is 1.20 bits per heavy atom. The van der Waals surface area contributed by atoms with Crippen LogP contribution in [0.5, 0.6) is 11.5 Å². The molecule has 5 heteroatoms. The fourth-order valence-electron chi connectivity index (χ4n) is 1.80. The van der Waals surface area contributed by atoms with Crippen molar-refractivity contribution >= 4 is 0 Å². The maximum Gasteiger partial charge on any atom is 0.161 e. The van der Waals surface area contributed by atoms with Gasteiger partial charge in [0.1, 0.15) is 12.7 Å². The zero-order valence-corrected chi connectivity index (χ0v) is 12.2. The van der Waals surface area contributed by atoms with E-state index in [0.717, 1.165) is 13.0 Å². The maximum absolute atomic E-state index is 9.84. The lowest BCUT2D eigenvalue weighted by molar-refractivity contribution is 0.103. The molecule has 1 aromatic carbocycles. The topological polar surface area (TPSA) is 71.0 Å². The van der Waals surface area contributed by atoms with Crippen LogP contribution in [0.2, 0.25) is 0 Å². The number of aliphatic hydroxyl groups is 2. The summed E-state index contributed by atoms with van der Waals surface area (Å²) >= 11 is 0. The smallest absolute Gasteiger partial charge is 0.161 e. The minimum atomic E-state index is -0.582. The van der Waals surface area contributed by atoms with Gasteiger partial charge in [-0.25, -0.2) is 0 Å². The van der Waals surface area contributed by atoms with Crippen molar-refractivity contribution in [3.8, 4) is 11.5 Å². The first-order valence-electron chi connectivity index (χ1n) is 6.92. The van der Waals surface area contributed by atoms with Crippen LogP contribution >= 0.6 is 0 Å². The molecule has 0 saturated carbocycles. The molecule has 3 N–H and O–H groups in total. The number of aliphatic hydroxyl groups excluding tert-OH is 2. The highest BCUT2D eigenvalue weighted by Crippen LogP contribution is 2.25. The molecule has 1 aromatic rings. The molecule has 0 bridgehead atoms. The van der Waals surface area contributed by atoms with Crippen LogP contribution < -0.4 is 14.8 Å². The summed E-state index contributed by atoms with van der Waals surface area (Å²) < 4.78 is 10.7. The minimum absolute atomic E-state index is 0.197. The van der Waals surface area contributed by atoms with Gasteiger partial charge in [-0.05, 0) is 31.0 Å². The zero-order chi connectivity index (χ0) is 14.8. The lowest BCUT2D eigenvalue weighted by Crippen LogP contribution is -2.34. The Balaban J connectivity index is 2.24. The van der Waals surface area contributed by atoms with Crippen molar-refractivity contribution in [1.29, 1.82) is 0 Å². The van der Waals surface area contributed by atoms with Crippen molar-refractivity contribution in [2.75, 3.05) is 33.4 Å². The number of nitrogens with one attached hydrogen (secondary N) is 1. The molecule has 0 amide bonds. The Labute approximate surface area is 120 Å².